The first kappa shape index (κ1) is 21.0. The molecule has 0 radical (unpaired) electrons. The fourth-order valence-electron chi connectivity index (χ4n) is 2.90. The zero-order chi connectivity index (χ0) is 20.7. The summed E-state index contributed by atoms with van der Waals surface area (Å²) in [5.41, 5.74) is 1.04. The second kappa shape index (κ2) is 7.01. The molecule has 0 aromatic heterocycles. The third kappa shape index (κ3) is 4.33. The van der Waals surface area contributed by atoms with Crippen molar-refractivity contribution in [1.29, 1.82) is 0 Å². The first-order valence-electron chi connectivity index (χ1n) is 8.69. The van der Waals surface area contributed by atoms with Crippen molar-refractivity contribution in [3.8, 4) is 5.75 Å². The SMILES string of the molecule is CC(C)(C)c1cc(C(=O)c2cc(C(=O)O)ccc2Cl)cc(C(C)(C)C)c1O. The minimum absolute atomic E-state index is 0.00591. The molecule has 5 heteroatoms. The first-order chi connectivity index (χ1) is 12.2. The van der Waals surface area contributed by atoms with Gasteiger partial charge in [0.1, 0.15) is 5.75 Å². The second-order valence-corrected chi connectivity index (χ2v) is 9.16. The number of halogens is 1. The molecule has 0 bridgehead atoms. The van der Waals surface area contributed by atoms with Crippen LogP contribution < -0.4 is 0 Å². The maximum absolute atomic E-state index is 13.2. The molecule has 0 aliphatic carbocycles. The summed E-state index contributed by atoms with van der Waals surface area (Å²) in [5, 5.41) is 20.2. The van der Waals surface area contributed by atoms with Crippen molar-refractivity contribution in [2.45, 2.75) is 52.4 Å². The van der Waals surface area contributed by atoms with Crippen molar-refractivity contribution in [2.75, 3.05) is 0 Å². The molecule has 0 atom stereocenters. The number of hydrogen-bond acceptors (Lipinski definition) is 3. The van der Waals surface area contributed by atoms with Crippen LogP contribution in [0.4, 0.5) is 0 Å². The summed E-state index contributed by atoms with van der Waals surface area (Å²) >= 11 is 6.17. The van der Waals surface area contributed by atoms with Crippen molar-refractivity contribution in [3.63, 3.8) is 0 Å². The molecule has 2 rings (SSSR count). The molecule has 2 N–H and O–H groups in total. The van der Waals surface area contributed by atoms with Gasteiger partial charge in [-0.05, 0) is 41.2 Å². The lowest BCUT2D eigenvalue weighted by Crippen LogP contribution is -2.19. The highest BCUT2D eigenvalue weighted by Gasteiger charge is 2.28. The molecule has 0 aliphatic heterocycles. The van der Waals surface area contributed by atoms with Crippen LogP contribution in [-0.4, -0.2) is 22.0 Å². The van der Waals surface area contributed by atoms with Crippen LogP contribution in [0.3, 0.4) is 0 Å². The number of aromatic hydroxyl groups is 1. The van der Waals surface area contributed by atoms with E-state index in [2.05, 4.69) is 0 Å². The average molecular weight is 389 g/mol. The Bertz CT molecular complexity index is 880. The number of carboxylic acid groups (broad SMARTS) is 1. The van der Waals surface area contributed by atoms with Gasteiger partial charge in [-0.25, -0.2) is 4.79 Å². The lowest BCUT2D eigenvalue weighted by molar-refractivity contribution is 0.0697. The van der Waals surface area contributed by atoms with E-state index in [1.807, 2.05) is 41.5 Å². The minimum Gasteiger partial charge on any atom is -0.507 e. The van der Waals surface area contributed by atoms with Gasteiger partial charge in [-0.1, -0.05) is 53.1 Å². The van der Waals surface area contributed by atoms with Gasteiger partial charge in [-0.15, -0.1) is 0 Å². The van der Waals surface area contributed by atoms with E-state index in [9.17, 15) is 19.8 Å². The van der Waals surface area contributed by atoms with Crippen LogP contribution in [0.25, 0.3) is 0 Å². The van der Waals surface area contributed by atoms with Gasteiger partial charge < -0.3 is 10.2 Å². The normalized spacial score (nSPS) is 12.1. The van der Waals surface area contributed by atoms with Crippen LogP contribution in [0.15, 0.2) is 30.3 Å². The molecule has 0 amide bonds. The highest BCUT2D eigenvalue weighted by molar-refractivity contribution is 6.35. The van der Waals surface area contributed by atoms with Crippen molar-refractivity contribution in [2.24, 2.45) is 0 Å². The lowest BCUT2D eigenvalue weighted by atomic mass is 9.77. The third-order valence-electron chi connectivity index (χ3n) is 4.45. The number of aromatic carboxylic acids is 1. The van der Waals surface area contributed by atoms with E-state index in [0.717, 1.165) is 0 Å². The van der Waals surface area contributed by atoms with Gasteiger partial charge in [0.2, 0.25) is 0 Å². The number of benzene rings is 2. The monoisotopic (exact) mass is 388 g/mol. The van der Waals surface area contributed by atoms with Gasteiger partial charge in [0.05, 0.1) is 10.6 Å². The van der Waals surface area contributed by atoms with Crippen LogP contribution >= 0.6 is 11.6 Å². The molecule has 27 heavy (non-hydrogen) atoms. The van der Waals surface area contributed by atoms with Crippen molar-refractivity contribution < 1.29 is 19.8 Å². The predicted molar refractivity (Wildman–Crippen MR) is 107 cm³/mol. The standard InChI is InChI=1S/C22H25ClO4/c1-21(2,3)15-10-13(11-16(19(15)25)22(4,5)6)18(24)14-9-12(20(26)27)7-8-17(14)23/h7-11,25H,1-6H3,(H,26,27). The summed E-state index contributed by atoms with van der Waals surface area (Å²) in [4.78, 5) is 24.4. The molecular weight excluding hydrogens is 364 g/mol. The number of ketones is 1. The molecule has 2 aromatic carbocycles. The van der Waals surface area contributed by atoms with Crippen LogP contribution in [0.1, 0.15) is 78.9 Å². The Morgan fingerprint density at radius 3 is 1.74 bits per heavy atom. The van der Waals surface area contributed by atoms with Crippen LogP contribution in [0.5, 0.6) is 5.75 Å². The summed E-state index contributed by atoms with van der Waals surface area (Å²) in [6.07, 6.45) is 0. The first-order valence-corrected chi connectivity index (χ1v) is 9.07. The summed E-state index contributed by atoms with van der Waals surface area (Å²) in [7, 11) is 0. The second-order valence-electron chi connectivity index (χ2n) is 8.75. The summed E-state index contributed by atoms with van der Waals surface area (Å²) in [6.45, 7) is 11.8. The summed E-state index contributed by atoms with van der Waals surface area (Å²) < 4.78 is 0. The summed E-state index contributed by atoms with van der Waals surface area (Å²) in [5.74, 6) is -1.33. The van der Waals surface area contributed by atoms with E-state index in [-0.39, 0.29) is 38.5 Å². The molecule has 144 valence electrons. The summed E-state index contributed by atoms with van der Waals surface area (Å²) in [6, 6.07) is 7.38. The Balaban J connectivity index is 2.74. The Hall–Kier alpha value is -2.33. The molecule has 0 spiro atoms. The minimum atomic E-state index is -1.13. The molecule has 0 saturated heterocycles. The zero-order valence-corrected chi connectivity index (χ0v) is 17.2. The average Bonchev–Trinajstić information content (AvgIpc) is 2.52. The van der Waals surface area contributed by atoms with Gasteiger partial charge in [0.25, 0.3) is 0 Å². The largest absolute Gasteiger partial charge is 0.507 e. The number of phenols is 1. The van der Waals surface area contributed by atoms with E-state index < -0.39 is 5.97 Å². The molecule has 0 heterocycles. The number of carbonyl (C=O) groups is 2. The van der Waals surface area contributed by atoms with Crippen LogP contribution in [0, 0.1) is 0 Å². The predicted octanol–water partition coefficient (Wildman–Crippen LogP) is 5.57. The lowest BCUT2D eigenvalue weighted by Gasteiger charge is -2.28. The van der Waals surface area contributed by atoms with Gasteiger partial charge in [-0.3, -0.25) is 4.79 Å². The van der Waals surface area contributed by atoms with E-state index in [1.54, 1.807) is 12.1 Å². The molecule has 4 nitrogen and oxygen atoms in total. The van der Waals surface area contributed by atoms with Gasteiger partial charge in [0, 0.05) is 22.3 Å². The van der Waals surface area contributed by atoms with Gasteiger partial charge in [-0.2, -0.15) is 0 Å². The maximum atomic E-state index is 13.2. The molecule has 0 aliphatic rings. The molecular formula is C22H25ClO4. The van der Waals surface area contributed by atoms with Gasteiger partial charge in [0.15, 0.2) is 5.78 Å². The zero-order valence-electron chi connectivity index (χ0n) is 16.5. The Kier molecular flexibility index (Phi) is 5.44. The van der Waals surface area contributed by atoms with E-state index in [4.69, 9.17) is 11.6 Å². The fourth-order valence-corrected chi connectivity index (χ4v) is 3.10. The number of phenolic OH excluding ortho intramolecular Hbond substituents is 1. The molecule has 2 aromatic rings. The Labute approximate surface area is 164 Å². The number of carbonyl (C=O) groups excluding carboxylic acids is 1. The van der Waals surface area contributed by atoms with Crippen molar-refractivity contribution >= 4 is 23.4 Å². The van der Waals surface area contributed by atoms with Crippen LogP contribution in [-0.2, 0) is 10.8 Å². The van der Waals surface area contributed by atoms with Crippen molar-refractivity contribution in [3.05, 3.63) is 63.2 Å². The maximum Gasteiger partial charge on any atom is 0.335 e. The third-order valence-corrected chi connectivity index (χ3v) is 4.78. The molecule has 0 saturated carbocycles. The smallest absolute Gasteiger partial charge is 0.335 e. The number of rotatable bonds is 3. The van der Waals surface area contributed by atoms with Crippen molar-refractivity contribution in [1.82, 2.24) is 0 Å². The topological polar surface area (TPSA) is 74.6 Å². The number of hydrogen-bond donors (Lipinski definition) is 2. The highest BCUT2D eigenvalue weighted by atomic mass is 35.5. The van der Waals surface area contributed by atoms with Crippen LogP contribution in [0.2, 0.25) is 5.02 Å². The molecule has 0 unspecified atom stereocenters. The van der Waals surface area contributed by atoms with E-state index in [0.29, 0.717) is 16.7 Å². The highest BCUT2D eigenvalue weighted by Crippen LogP contribution is 2.40. The van der Waals surface area contributed by atoms with E-state index in [1.165, 1.54) is 18.2 Å². The Morgan fingerprint density at radius 1 is 0.852 bits per heavy atom. The fraction of sp³-hybridized carbons (Fsp3) is 0.364. The molecule has 0 fully saturated rings. The van der Waals surface area contributed by atoms with E-state index >= 15 is 0 Å². The van der Waals surface area contributed by atoms with Gasteiger partial charge >= 0.3 is 5.97 Å². The quantitative estimate of drug-likeness (QED) is 0.674. The Morgan fingerprint density at radius 2 is 1.33 bits per heavy atom. The number of carboxylic acids is 1.